The summed E-state index contributed by atoms with van der Waals surface area (Å²) in [6.07, 6.45) is 2.88. The summed E-state index contributed by atoms with van der Waals surface area (Å²) >= 11 is 4.88. The highest BCUT2D eigenvalue weighted by Gasteiger charge is 2.33. The van der Waals surface area contributed by atoms with Gasteiger partial charge in [-0.25, -0.2) is 9.97 Å². The molecule has 0 fully saturated rings. The highest BCUT2D eigenvalue weighted by molar-refractivity contribution is 8.00. The quantitative estimate of drug-likeness (QED) is 0.240. The molecule has 0 bridgehead atoms. The lowest BCUT2D eigenvalue weighted by atomic mass is 9.90. The maximum atomic E-state index is 12.6. The first-order valence-corrected chi connectivity index (χ1v) is 13.4. The summed E-state index contributed by atoms with van der Waals surface area (Å²) in [5.74, 6) is 1.26. The van der Waals surface area contributed by atoms with Gasteiger partial charge in [-0.1, -0.05) is 55.6 Å². The zero-order chi connectivity index (χ0) is 21.8. The number of para-hydroxylation sites is 1. The van der Waals surface area contributed by atoms with Crippen LogP contribution in [0.5, 0.6) is 0 Å². The van der Waals surface area contributed by atoms with Crippen molar-refractivity contribution in [2.75, 3.05) is 16.8 Å². The van der Waals surface area contributed by atoms with Crippen molar-refractivity contribution < 1.29 is 9.53 Å². The van der Waals surface area contributed by atoms with Crippen molar-refractivity contribution in [2.45, 2.75) is 62.4 Å². The van der Waals surface area contributed by atoms with Crippen molar-refractivity contribution in [3.05, 3.63) is 40.8 Å². The predicted molar refractivity (Wildman–Crippen MR) is 131 cm³/mol. The van der Waals surface area contributed by atoms with E-state index in [2.05, 4.69) is 26.1 Å². The van der Waals surface area contributed by atoms with E-state index < -0.39 is 0 Å². The van der Waals surface area contributed by atoms with Crippen molar-refractivity contribution in [3.8, 4) is 0 Å². The second-order valence-corrected chi connectivity index (χ2v) is 10.9. The smallest absolute Gasteiger partial charge is 0.234 e. The fourth-order valence-corrected chi connectivity index (χ4v) is 6.30. The van der Waals surface area contributed by atoms with E-state index in [1.54, 1.807) is 23.1 Å². The second kappa shape index (κ2) is 9.90. The standard InChI is InChI=1S/C23H27N3O2S3/c1-4-11-29-22-25-20(30-14-18(27)24-15-9-7-6-8-10-15)19-16-12-23(3,5-2)28-13-17(16)31-21(19)26-22/h6-10H,4-5,11-14H2,1-3H3,(H,24,27). The van der Waals surface area contributed by atoms with Gasteiger partial charge in [-0.15, -0.1) is 11.3 Å². The summed E-state index contributed by atoms with van der Waals surface area (Å²) in [7, 11) is 0. The summed E-state index contributed by atoms with van der Waals surface area (Å²) in [5.41, 5.74) is 1.95. The molecule has 3 heterocycles. The van der Waals surface area contributed by atoms with Crippen LogP contribution in [0.15, 0.2) is 40.5 Å². The van der Waals surface area contributed by atoms with Crippen LogP contribution in [-0.2, 0) is 22.6 Å². The summed E-state index contributed by atoms with van der Waals surface area (Å²) in [6, 6.07) is 9.55. The van der Waals surface area contributed by atoms with Crippen molar-refractivity contribution in [2.24, 2.45) is 0 Å². The summed E-state index contributed by atoms with van der Waals surface area (Å²) in [6.45, 7) is 7.11. The first kappa shape index (κ1) is 22.6. The molecule has 1 unspecified atom stereocenters. The lowest BCUT2D eigenvalue weighted by molar-refractivity contribution is -0.113. The Morgan fingerprint density at radius 2 is 2.03 bits per heavy atom. The first-order valence-electron chi connectivity index (χ1n) is 10.6. The number of ether oxygens (including phenoxy) is 1. The largest absolute Gasteiger partial charge is 0.369 e. The average Bonchev–Trinajstić information content (AvgIpc) is 3.14. The molecule has 5 nitrogen and oxygen atoms in total. The van der Waals surface area contributed by atoms with Gasteiger partial charge in [0.2, 0.25) is 5.91 Å². The van der Waals surface area contributed by atoms with E-state index in [0.717, 1.165) is 51.1 Å². The third-order valence-corrected chi connectivity index (χ3v) is 8.49. The zero-order valence-corrected chi connectivity index (χ0v) is 20.5. The Bertz CT molecular complexity index is 1070. The van der Waals surface area contributed by atoms with Crippen LogP contribution in [0.2, 0.25) is 0 Å². The summed E-state index contributed by atoms with van der Waals surface area (Å²) in [4.78, 5) is 24.5. The van der Waals surface area contributed by atoms with Gasteiger partial charge in [-0.05, 0) is 37.5 Å². The van der Waals surface area contributed by atoms with E-state index in [0.29, 0.717) is 12.4 Å². The number of nitrogens with one attached hydrogen (secondary N) is 1. The van der Waals surface area contributed by atoms with Crippen molar-refractivity contribution >= 4 is 56.7 Å². The molecule has 0 saturated carbocycles. The number of carbonyl (C=O) groups excluding carboxylic acids is 1. The van der Waals surface area contributed by atoms with E-state index in [-0.39, 0.29) is 11.5 Å². The molecule has 1 aliphatic heterocycles. The highest BCUT2D eigenvalue weighted by Crippen LogP contribution is 2.43. The van der Waals surface area contributed by atoms with Gasteiger partial charge < -0.3 is 10.1 Å². The molecule has 1 amide bonds. The number of rotatable bonds is 8. The van der Waals surface area contributed by atoms with Gasteiger partial charge in [0.15, 0.2) is 5.16 Å². The molecule has 31 heavy (non-hydrogen) atoms. The van der Waals surface area contributed by atoms with E-state index in [1.807, 2.05) is 30.3 Å². The molecule has 164 valence electrons. The van der Waals surface area contributed by atoms with Crippen molar-refractivity contribution in [1.29, 1.82) is 0 Å². The Morgan fingerprint density at radius 3 is 2.77 bits per heavy atom. The Balaban J connectivity index is 1.63. The molecule has 3 aromatic rings. The Labute approximate surface area is 195 Å². The number of aromatic nitrogens is 2. The SMILES string of the molecule is CCCSc1nc(SCC(=O)Nc2ccccc2)c2c3c(sc2n1)COC(C)(CC)C3. The van der Waals surface area contributed by atoms with Crippen molar-refractivity contribution in [3.63, 3.8) is 0 Å². The second-order valence-electron chi connectivity index (χ2n) is 7.82. The lowest BCUT2D eigenvalue weighted by Crippen LogP contribution is -2.33. The van der Waals surface area contributed by atoms with Crippen LogP contribution in [0.3, 0.4) is 0 Å². The molecule has 4 rings (SSSR count). The maximum Gasteiger partial charge on any atom is 0.234 e. The fraction of sp³-hybridized carbons (Fsp3) is 0.435. The molecule has 0 aliphatic carbocycles. The van der Waals surface area contributed by atoms with E-state index in [4.69, 9.17) is 14.7 Å². The lowest BCUT2D eigenvalue weighted by Gasteiger charge is -2.33. The van der Waals surface area contributed by atoms with Crippen LogP contribution < -0.4 is 5.32 Å². The van der Waals surface area contributed by atoms with Gasteiger partial charge in [0, 0.05) is 28.1 Å². The fourth-order valence-electron chi connectivity index (χ4n) is 3.46. The van der Waals surface area contributed by atoms with Crippen LogP contribution in [0.4, 0.5) is 5.69 Å². The number of thioether (sulfide) groups is 2. The first-order chi connectivity index (χ1) is 15.0. The van der Waals surface area contributed by atoms with Crippen molar-refractivity contribution in [1.82, 2.24) is 9.97 Å². The molecule has 1 aliphatic rings. The summed E-state index contributed by atoms with van der Waals surface area (Å²) in [5, 5.41) is 5.77. The molecular weight excluding hydrogens is 446 g/mol. The van der Waals surface area contributed by atoms with Crippen LogP contribution >= 0.6 is 34.9 Å². The molecule has 1 N–H and O–H groups in total. The molecule has 0 saturated heterocycles. The maximum absolute atomic E-state index is 12.6. The summed E-state index contributed by atoms with van der Waals surface area (Å²) < 4.78 is 6.16. The highest BCUT2D eigenvalue weighted by atomic mass is 32.2. The third kappa shape index (κ3) is 5.25. The molecule has 8 heteroatoms. The normalized spacial score (nSPS) is 18.2. The monoisotopic (exact) mass is 473 g/mol. The van der Waals surface area contributed by atoms with Gasteiger partial charge in [0.05, 0.1) is 18.0 Å². The van der Waals surface area contributed by atoms with E-state index in [9.17, 15) is 4.79 Å². The number of thiophene rings is 1. The number of benzene rings is 1. The molecule has 0 spiro atoms. The number of amides is 1. The van der Waals surface area contributed by atoms with Crippen LogP contribution in [-0.4, -0.2) is 33.0 Å². The van der Waals surface area contributed by atoms with Crippen LogP contribution in [0, 0.1) is 0 Å². The van der Waals surface area contributed by atoms with Gasteiger partial charge in [-0.2, -0.15) is 0 Å². The van der Waals surface area contributed by atoms with Crippen LogP contribution in [0.25, 0.3) is 10.2 Å². The van der Waals surface area contributed by atoms with Gasteiger partial charge in [-0.3, -0.25) is 4.79 Å². The number of hydrogen-bond acceptors (Lipinski definition) is 7. The van der Waals surface area contributed by atoms with Crippen LogP contribution in [0.1, 0.15) is 44.1 Å². The topological polar surface area (TPSA) is 64.1 Å². The number of anilines is 1. The van der Waals surface area contributed by atoms with Gasteiger partial charge in [0.25, 0.3) is 0 Å². The zero-order valence-electron chi connectivity index (χ0n) is 18.1. The van der Waals surface area contributed by atoms with Gasteiger partial charge >= 0.3 is 0 Å². The molecule has 1 atom stereocenters. The Morgan fingerprint density at radius 1 is 1.23 bits per heavy atom. The minimum absolute atomic E-state index is 0.0310. The molecular formula is C23H27N3O2S3. The molecule has 2 aromatic heterocycles. The minimum Gasteiger partial charge on any atom is -0.369 e. The number of carbonyl (C=O) groups is 1. The molecule has 0 radical (unpaired) electrons. The Kier molecular flexibility index (Phi) is 7.21. The Hall–Kier alpha value is -1.61. The van der Waals surface area contributed by atoms with E-state index >= 15 is 0 Å². The number of nitrogens with zero attached hydrogens (tertiary/aromatic N) is 2. The predicted octanol–water partition coefficient (Wildman–Crippen LogP) is 6.17. The average molecular weight is 474 g/mol. The number of fused-ring (bicyclic) bond motifs is 3. The number of hydrogen-bond donors (Lipinski definition) is 1. The van der Waals surface area contributed by atoms with Gasteiger partial charge in [0.1, 0.15) is 9.86 Å². The van der Waals surface area contributed by atoms with E-state index in [1.165, 1.54) is 22.2 Å². The molecule has 1 aromatic carbocycles. The third-order valence-electron chi connectivity index (χ3n) is 5.36. The minimum atomic E-state index is -0.163.